The first-order chi connectivity index (χ1) is 13.2. The first-order valence-electron chi connectivity index (χ1n) is 9.86. The number of terminal acetylenes is 1. The van der Waals surface area contributed by atoms with E-state index in [-0.39, 0.29) is 0 Å². The molecule has 0 nitrogen and oxygen atoms in total. The summed E-state index contributed by atoms with van der Waals surface area (Å²) in [5.41, 5.74) is 5.86. The highest BCUT2D eigenvalue weighted by Gasteiger charge is 2.24. The minimum Gasteiger partial charge on any atom is -0.126 e. The monoisotopic (exact) mass is 364 g/mol. The van der Waals surface area contributed by atoms with Gasteiger partial charge >= 0.3 is 0 Å². The number of rotatable bonds is 3. The molecule has 0 radical (unpaired) electrons. The van der Waals surface area contributed by atoms with Crippen molar-refractivity contribution in [3.8, 4) is 23.8 Å². The molecule has 0 aliphatic carbocycles. The van der Waals surface area contributed by atoms with E-state index in [4.69, 9.17) is 6.42 Å². The van der Waals surface area contributed by atoms with Crippen molar-refractivity contribution < 1.29 is 0 Å². The summed E-state index contributed by atoms with van der Waals surface area (Å²) in [5.74, 6) is 6.43. The Morgan fingerprint density at radius 3 is 1.70 bits per heavy atom. The van der Waals surface area contributed by atoms with Gasteiger partial charge in [-0.25, -0.2) is 0 Å². The summed E-state index contributed by atoms with van der Waals surface area (Å²) in [7, 11) is -1.47. The van der Waals surface area contributed by atoms with Crippen molar-refractivity contribution in [3.63, 3.8) is 0 Å². The zero-order chi connectivity index (χ0) is 19.0. The summed E-state index contributed by atoms with van der Waals surface area (Å²) in [5, 5.41) is 7.48. The van der Waals surface area contributed by atoms with Crippen molar-refractivity contribution in [2.24, 2.45) is 0 Å². The third-order valence-electron chi connectivity index (χ3n) is 6.31. The lowest BCUT2D eigenvalue weighted by Gasteiger charge is -2.20. The molecule has 0 amide bonds. The Kier molecular flexibility index (Phi) is 4.43. The highest BCUT2D eigenvalue weighted by molar-refractivity contribution is 6.87. The molecule has 132 valence electrons. The van der Waals surface area contributed by atoms with Crippen LogP contribution in [0.2, 0.25) is 18.1 Å². The van der Waals surface area contributed by atoms with Gasteiger partial charge in [-0.2, -0.15) is 0 Å². The lowest BCUT2D eigenvalue weighted by molar-refractivity contribution is 1.20. The summed E-state index contributed by atoms with van der Waals surface area (Å²) >= 11 is 0. The van der Waals surface area contributed by atoms with Gasteiger partial charge in [0, 0.05) is 11.1 Å². The smallest absolute Gasteiger partial charge is 0.126 e. The van der Waals surface area contributed by atoms with Gasteiger partial charge in [0.25, 0.3) is 0 Å². The standard InChI is InChI=1S/C26H24Si/c1-5-19-9-11-21-14-16-24-20(17-18-27(6-2,7-3)8-4)10-12-22-13-15-23(19)25(21)26(22)24/h1,9-16H,6-8H2,2-4H3. The van der Waals surface area contributed by atoms with Crippen molar-refractivity contribution in [1.82, 2.24) is 0 Å². The number of hydrogen-bond donors (Lipinski definition) is 0. The highest BCUT2D eigenvalue weighted by Crippen LogP contribution is 2.37. The van der Waals surface area contributed by atoms with Gasteiger partial charge in [-0.1, -0.05) is 69.0 Å². The quantitative estimate of drug-likeness (QED) is 0.209. The molecule has 0 saturated carbocycles. The van der Waals surface area contributed by atoms with Gasteiger partial charge < -0.3 is 0 Å². The van der Waals surface area contributed by atoms with E-state index in [9.17, 15) is 0 Å². The first kappa shape index (κ1) is 17.7. The maximum absolute atomic E-state index is 5.75. The fourth-order valence-electron chi connectivity index (χ4n) is 4.25. The molecule has 0 unspecified atom stereocenters. The average Bonchev–Trinajstić information content (AvgIpc) is 2.73. The maximum Gasteiger partial charge on any atom is 0.138 e. The van der Waals surface area contributed by atoms with Gasteiger partial charge in [0.2, 0.25) is 0 Å². The largest absolute Gasteiger partial charge is 0.138 e. The van der Waals surface area contributed by atoms with Crippen molar-refractivity contribution >= 4 is 40.4 Å². The molecule has 0 atom stereocenters. The summed E-state index contributed by atoms with van der Waals surface area (Å²) in [6.45, 7) is 6.91. The molecule has 0 aromatic heterocycles. The second-order valence-electron chi connectivity index (χ2n) is 7.38. The van der Waals surface area contributed by atoms with Crippen LogP contribution in [-0.2, 0) is 0 Å². The van der Waals surface area contributed by atoms with Crippen LogP contribution in [0.1, 0.15) is 31.9 Å². The lowest BCUT2D eigenvalue weighted by atomic mass is 9.90. The maximum atomic E-state index is 5.75. The van der Waals surface area contributed by atoms with Gasteiger partial charge in [-0.3, -0.25) is 0 Å². The van der Waals surface area contributed by atoms with Crippen LogP contribution in [0.4, 0.5) is 0 Å². The summed E-state index contributed by atoms with van der Waals surface area (Å²) in [4.78, 5) is 0. The lowest BCUT2D eigenvalue weighted by Crippen LogP contribution is -2.29. The van der Waals surface area contributed by atoms with Crippen LogP contribution in [0.3, 0.4) is 0 Å². The molecule has 0 aliphatic heterocycles. The summed E-state index contributed by atoms with van der Waals surface area (Å²) in [6, 6.07) is 21.1. The van der Waals surface area contributed by atoms with Crippen LogP contribution < -0.4 is 0 Å². The minimum absolute atomic E-state index is 0.961. The second kappa shape index (κ2) is 6.77. The van der Waals surface area contributed by atoms with E-state index in [2.05, 4.69) is 80.6 Å². The fraction of sp³-hybridized carbons (Fsp3) is 0.231. The van der Waals surface area contributed by atoms with Crippen LogP contribution in [0.5, 0.6) is 0 Å². The van der Waals surface area contributed by atoms with E-state index in [1.54, 1.807) is 0 Å². The predicted molar refractivity (Wildman–Crippen MR) is 122 cm³/mol. The van der Waals surface area contributed by atoms with E-state index >= 15 is 0 Å². The summed E-state index contributed by atoms with van der Waals surface area (Å²) in [6.07, 6.45) is 5.75. The Morgan fingerprint density at radius 1 is 0.704 bits per heavy atom. The molecule has 4 aromatic carbocycles. The zero-order valence-corrected chi connectivity index (χ0v) is 17.3. The molecule has 0 heterocycles. The molecule has 4 rings (SSSR count). The molecule has 0 N–H and O–H groups in total. The molecule has 0 aliphatic rings. The third kappa shape index (κ3) is 2.71. The molecule has 0 bridgehead atoms. The van der Waals surface area contributed by atoms with E-state index in [0.717, 1.165) is 16.5 Å². The second-order valence-corrected chi connectivity index (χ2v) is 12.3. The SMILES string of the molecule is C#Cc1ccc2ccc3c(C#C[Si](CC)(CC)CC)ccc4ccc1c2c43. The number of hydrogen-bond acceptors (Lipinski definition) is 0. The van der Waals surface area contributed by atoms with Crippen LogP contribution in [0, 0.1) is 23.8 Å². The van der Waals surface area contributed by atoms with Crippen molar-refractivity contribution in [1.29, 1.82) is 0 Å². The van der Waals surface area contributed by atoms with Gasteiger partial charge in [0.1, 0.15) is 8.07 Å². The van der Waals surface area contributed by atoms with Gasteiger partial charge in [-0.15, -0.1) is 12.0 Å². The van der Waals surface area contributed by atoms with Crippen LogP contribution in [0.25, 0.3) is 32.3 Å². The molecule has 27 heavy (non-hydrogen) atoms. The molecule has 1 heteroatoms. The minimum atomic E-state index is -1.47. The highest BCUT2D eigenvalue weighted by atomic mass is 28.3. The summed E-state index contributed by atoms with van der Waals surface area (Å²) < 4.78 is 0. The van der Waals surface area contributed by atoms with Gasteiger partial charge in [0.05, 0.1) is 0 Å². The molecule has 0 spiro atoms. The van der Waals surface area contributed by atoms with Crippen LogP contribution in [0.15, 0.2) is 48.5 Å². The normalized spacial score (nSPS) is 11.6. The molecular formula is C26H24Si. The van der Waals surface area contributed by atoms with Crippen LogP contribution >= 0.6 is 0 Å². The van der Waals surface area contributed by atoms with E-state index < -0.39 is 8.07 Å². The average molecular weight is 365 g/mol. The third-order valence-corrected chi connectivity index (χ3v) is 11.0. The topological polar surface area (TPSA) is 0 Å². The van der Waals surface area contributed by atoms with Gasteiger partial charge in [0.15, 0.2) is 0 Å². The zero-order valence-electron chi connectivity index (χ0n) is 16.3. The van der Waals surface area contributed by atoms with Crippen molar-refractivity contribution in [2.75, 3.05) is 0 Å². The molecule has 0 saturated heterocycles. The Bertz CT molecular complexity index is 1230. The molecular weight excluding hydrogens is 340 g/mol. The Labute approximate surface area is 162 Å². The van der Waals surface area contributed by atoms with E-state index in [0.29, 0.717) is 0 Å². The Hall–Kier alpha value is -2.74. The van der Waals surface area contributed by atoms with E-state index in [1.165, 1.54) is 45.1 Å². The Balaban J connectivity index is 2.05. The number of benzene rings is 4. The van der Waals surface area contributed by atoms with Crippen LogP contribution in [-0.4, -0.2) is 8.07 Å². The predicted octanol–water partition coefficient (Wildman–Crippen LogP) is 6.96. The van der Waals surface area contributed by atoms with Crippen molar-refractivity contribution in [2.45, 2.75) is 38.9 Å². The van der Waals surface area contributed by atoms with E-state index in [1.807, 2.05) is 6.07 Å². The molecule has 4 aromatic rings. The Morgan fingerprint density at radius 2 is 1.19 bits per heavy atom. The first-order valence-corrected chi connectivity index (χ1v) is 12.5. The van der Waals surface area contributed by atoms with Crippen molar-refractivity contribution in [3.05, 3.63) is 59.7 Å². The van der Waals surface area contributed by atoms with Gasteiger partial charge in [-0.05, 0) is 62.6 Å². The fourth-order valence-corrected chi connectivity index (χ4v) is 6.68. The molecule has 0 fully saturated rings.